The molecule has 0 bridgehead atoms. The number of nitrogens with one attached hydrogen (secondary N) is 1. The first kappa shape index (κ1) is 28.8. The van der Waals surface area contributed by atoms with Crippen LogP contribution in [-0.4, -0.2) is 63.7 Å². The molecule has 3 aromatic rings. The van der Waals surface area contributed by atoms with Crippen LogP contribution in [0.2, 0.25) is 0 Å². The SMILES string of the molecule is COCCCN1C(=O)c2cccc3c(NC(=O)C4CCCCN4S(=O)(=O)c4ccc(OC(F)(F)F)cc4)ccc1c23. The van der Waals surface area contributed by atoms with E-state index in [-0.39, 0.29) is 23.8 Å². The lowest BCUT2D eigenvalue weighted by Gasteiger charge is -2.33. The molecule has 2 amide bonds. The number of hydrogen-bond donors (Lipinski definition) is 1. The molecule has 2 aliphatic rings. The molecule has 13 heteroatoms. The molecule has 218 valence electrons. The van der Waals surface area contributed by atoms with Crippen molar-refractivity contribution in [3.8, 4) is 5.75 Å². The third-order valence-electron chi connectivity index (χ3n) is 7.19. The van der Waals surface area contributed by atoms with E-state index in [1.54, 1.807) is 42.3 Å². The number of nitrogens with zero attached hydrogens (tertiary/aromatic N) is 2. The van der Waals surface area contributed by atoms with Gasteiger partial charge in [0.25, 0.3) is 5.91 Å². The molecule has 1 saturated heterocycles. The molecule has 0 saturated carbocycles. The van der Waals surface area contributed by atoms with Gasteiger partial charge in [0.05, 0.1) is 10.6 Å². The second kappa shape index (κ2) is 11.3. The van der Waals surface area contributed by atoms with E-state index >= 15 is 0 Å². The van der Waals surface area contributed by atoms with Crippen molar-refractivity contribution < 1.29 is 40.7 Å². The number of hydrogen-bond acceptors (Lipinski definition) is 6. The molecule has 1 unspecified atom stereocenters. The van der Waals surface area contributed by atoms with Gasteiger partial charge in [-0.2, -0.15) is 4.31 Å². The number of amides is 2. The molecular formula is C28H28F3N3O6S. The topological polar surface area (TPSA) is 105 Å². The number of ether oxygens (including phenoxy) is 2. The number of methoxy groups -OCH3 is 1. The van der Waals surface area contributed by atoms with Gasteiger partial charge >= 0.3 is 6.36 Å². The van der Waals surface area contributed by atoms with Crippen molar-refractivity contribution in [3.05, 3.63) is 60.2 Å². The van der Waals surface area contributed by atoms with E-state index in [9.17, 15) is 31.2 Å². The Balaban J connectivity index is 1.39. The van der Waals surface area contributed by atoms with E-state index < -0.39 is 34.1 Å². The van der Waals surface area contributed by atoms with Gasteiger partial charge in [0.2, 0.25) is 15.9 Å². The summed E-state index contributed by atoms with van der Waals surface area (Å²) in [7, 11) is -2.61. The van der Waals surface area contributed by atoms with Crippen molar-refractivity contribution in [2.75, 3.05) is 37.0 Å². The first-order valence-electron chi connectivity index (χ1n) is 13.1. The number of carbonyl (C=O) groups is 2. The van der Waals surface area contributed by atoms with Crippen molar-refractivity contribution in [1.29, 1.82) is 0 Å². The summed E-state index contributed by atoms with van der Waals surface area (Å²) in [5.41, 5.74) is 1.69. The lowest BCUT2D eigenvalue weighted by atomic mass is 10.0. The molecule has 1 atom stereocenters. The Bertz CT molecular complexity index is 1580. The lowest BCUT2D eigenvalue weighted by molar-refractivity contribution is -0.274. The monoisotopic (exact) mass is 591 g/mol. The highest BCUT2D eigenvalue weighted by molar-refractivity contribution is 7.89. The normalized spacial score (nSPS) is 17.7. The smallest absolute Gasteiger partial charge is 0.406 e. The summed E-state index contributed by atoms with van der Waals surface area (Å²) in [5, 5.41) is 4.23. The van der Waals surface area contributed by atoms with Crippen LogP contribution in [0, 0.1) is 0 Å². The largest absolute Gasteiger partial charge is 0.573 e. The fourth-order valence-corrected chi connectivity index (χ4v) is 7.02. The van der Waals surface area contributed by atoms with Crippen LogP contribution >= 0.6 is 0 Å². The Morgan fingerprint density at radius 1 is 1.07 bits per heavy atom. The predicted molar refractivity (Wildman–Crippen MR) is 145 cm³/mol. The van der Waals surface area contributed by atoms with Gasteiger partial charge in [0.15, 0.2) is 0 Å². The Morgan fingerprint density at radius 3 is 2.54 bits per heavy atom. The summed E-state index contributed by atoms with van der Waals surface area (Å²) >= 11 is 0. The van der Waals surface area contributed by atoms with Crippen molar-refractivity contribution >= 4 is 44.0 Å². The third kappa shape index (κ3) is 5.74. The van der Waals surface area contributed by atoms with Crippen LogP contribution in [0.25, 0.3) is 10.8 Å². The molecule has 1 N–H and O–H groups in total. The van der Waals surface area contributed by atoms with E-state index in [1.165, 1.54) is 0 Å². The second-order valence-corrected chi connectivity index (χ2v) is 11.7. The van der Waals surface area contributed by atoms with Crippen LogP contribution in [0.3, 0.4) is 0 Å². The lowest BCUT2D eigenvalue weighted by Crippen LogP contribution is -2.49. The standard InChI is InChI=1S/C28H28F3N3O6S/c1-39-17-5-15-33-23-14-13-22(20-6-4-7-21(25(20)23)27(33)36)32-26(35)24-8-2-3-16-34(24)41(37,38)19-11-9-18(10-12-19)40-28(29,30)31/h4,6-7,9-14,24H,2-3,5,8,15-17H2,1H3,(H,32,35). The average molecular weight is 592 g/mol. The van der Waals surface area contributed by atoms with Crippen LogP contribution in [0.5, 0.6) is 5.75 Å². The molecule has 2 heterocycles. The highest BCUT2D eigenvalue weighted by atomic mass is 32.2. The summed E-state index contributed by atoms with van der Waals surface area (Å²) in [6.07, 6.45) is -2.83. The van der Waals surface area contributed by atoms with Gasteiger partial charge in [0.1, 0.15) is 11.8 Å². The molecule has 41 heavy (non-hydrogen) atoms. The Kier molecular flexibility index (Phi) is 7.95. The van der Waals surface area contributed by atoms with Crippen molar-refractivity contribution in [2.45, 2.75) is 43.0 Å². The molecule has 0 aliphatic carbocycles. The number of sulfonamides is 1. The molecule has 1 fully saturated rings. The molecule has 2 aliphatic heterocycles. The number of anilines is 2. The zero-order valence-corrected chi connectivity index (χ0v) is 22.9. The first-order valence-corrected chi connectivity index (χ1v) is 14.5. The van der Waals surface area contributed by atoms with E-state index in [2.05, 4.69) is 10.1 Å². The van der Waals surface area contributed by atoms with Crippen LogP contribution < -0.4 is 15.0 Å². The summed E-state index contributed by atoms with van der Waals surface area (Å²) in [5.74, 6) is -1.22. The molecule has 0 aromatic heterocycles. The minimum atomic E-state index is -4.91. The predicted octanol–water partition coefficient (Wildman–Crippen LogP) is 4.92. The summed E-state index contributed by atoms with van der Waals surface area (Å²) in [4.78, 5) is 28.1. The summed E-state index contributed by atoms with van der Waals surface area (Å²) in [6, 6.07) is 11.6. The van der Waals surface area contributed by atoms with E-state index in [1.807, 2.05) is 0 Å². The second-order valence-electron chi connectivity index (χ2n) is 9.80. The van der Waals surface area contributed by atoms with Crippen LogP contribution in [0.15, 0.2) is 59.5 Å². The maximum atomic E-state index is 13.5. The average Bonchev–Trinajstić information content (AvgIpc) is 3.21. The highest BCUT2D eigenvalue weighted by Gasteiger charge is 2.39. The van der Waals surface area contributed by atoms with Gasteiger partial charge < -0.3 is 19.7 Å². The molecule has 9 nitrogen and oxygen atoms in total. The molecule has 0 radical (unpaired) electrons. The zero-order valence-electron chi connectivity index (χ0n) is 22.1. The maximum absolute atomic E-state index is 13.5. The number of alkyl halides is 3. The van der Waals surface area contributed by atoms with Crippen molar-refractivity contribution in [3.63, 3.8) is 0 Å². The zero-order chi connectivity index (χ0) is 29.4. The Labute approximate surface area is 234 Å². The molecule has 3 aromatic carbocycles. The molecular weight excluding hydrogens is 563 g/mol. The molecule has 0 spiro atoms. The van der Waals surface area contributed by atoms with Gasteiger partial charge in [-0.05, 0) is 61.7 Å². The number of halogens is 3. The number of piperidine rings is 1. The number of carbonyl (C=O) groups excluding carboxylic acids is 2. The number of benzene rings is 3. The highest BCUT2D eigenvalue weighted by Crippen LogP contribution is 2.41. The van der Waals surface area contributed by atoms with E-state index in [0.29, 0.717) is 54.4 Å². The maximum Gasteiger partial charge on any atom is 0.573 e. The minimum Gasteiger partial charge on any atom is -0.406 e. The quantitative estimate of drug-likeness (QED) is 0.355. The van der Waals surface area contributed by atoms with Gasteiger partial charge in [-0.25, -0.2) is 8.42 Å². The fraction of sp³-hybridized carbons (Fsp3) is 0.357. The van der Waals surface area contributed by atoms with Crippen molar-refractivity contribution in [2.24, 2.45) is 0 Å². The minimum absolute atomic E-state index is 0.0794. The first-order chi connectivity index (χ1) is 19.5. The fourth-order valence-electron chi connectivity index (χ4n) is 5.36. The number of rotatable bonds is 9. The Morgan fingerprint density at radius 2 is 1.83 bits per heavy atom. The van der Waals surface area contributed by atoms with Gasteiger partial charge in [-0.1, -0.05) is 18.6 Å². The Hall–Kier alpha value is -3.68. The van der Waals surface area contributed by atoms with Gasteiger partial charge in [-0.15, -0.1) is 13.2 Å². The van der Waals surface area contributed by atoms with Crippen LogP contribution in [-0.2, 0) is 19.6 Å². The van der Waals surface area contributed by atoms with E-state index in [4.69, 9.17) is 4.74 Å². The molecule has 5 rings (SSSR count). The van der Waals surface area contributed by atoms with Gasteiger partial charge in [-0.3, -0.25) is 9.59 Å². The van der Waals surface area contributed by atoms with Crippen LogP contribution in [0.1, 0.15) is 36.0 Å². The summed E-state index contributed by atoms with van der Waals surface area (Å²) in [6.45, 7) is 1.06. The third-order valence-corrected chi connectivity index (χ3v) is 9.12. The van der Waals surface area contributed by atoms with Gasteiger partial charge in [0, 0.05) is 48.8 Å². The van der Waals surface area contributed by atoms with E-state index in [0.717, 1.165) is 34.3 Å². The summed E-state index contributed by atoms with van der Waals surface area (Å²) < 4.78 is 74.5. The van der Waals surface area contributed by atoms with Crippen molar-refractivity contribution in [1.82, 2.24) is 4.31 Å². The van der Waals surface area contributed by atoms with Crippen LogP contribution in [0.4, 0.5) is 24.5 Å².